The van der Waals surface area contributed by atoms with Gasteiger partial charge in [0.15, 0.2) is 0 Å². The van der Waals surface area contributed by atoms with E-state index < -0.39 is 5.60 Å². The molecule has 0 saturated heterocycles. The standard InChI is InChI=1S/C15H30N2O2/c1-11(2)13(9-16-8-12-6-7-12)10-17-14(18)19-15(3,4)5/h11-13,16H,6-10H2,1-5H3,(H,17,18). The largest absolute Gasteiger partial charge is 0.444 e. The van der Waals surface area contributed by atoms with Crippen molar-refractivity contribution < 1.29 is 9.53 Å². The zero-order valence-electron chi connectivity index (χ0n) is 13.1. The van der Waals surface area contributed by atoms with Gasteiger partial charge in [0, 0.05) is 6.54 Å². The predicted octanol–water partition coefficient (Wildman–Crippen LogP) is 2.78. The molecule has 0 aromatic rings. The van der Waals surface area contributed by atoms with Crippen molar-refractivity contribution >= 4 is 6.09 Å². The lowest BCUT2D eigenvalue weighted by molar-refractivity contribution is 0.0515. The van der Waals surface area contributed by atoms with Gasteiger partial charge in [-0.1, -0.05) is 13.8 Å². The van der Waals surface area contributed by atoms with Crippen LogP contribution in [0, 0.1) is 17.8 Å². The molecule has 0 aromatic carbocycles. The third kappa shape index (κ3) is 8.09. The van der Waals surface area contributed by atoms with Gasteiger partial charge in [-0.15, -0.1) is 0 Å². The van der Waals surface area contributed by atoms with Gasteiger partial charge in [-0.3, -0.25) is 0 Å². The second kappa shape index (κ2) is 7.13. The minimum atomic E-state index is -0.429. The number of hydrogen-bond acceptors (Lipinski definition) is 3. The average Bonchev–Trinajstić information content (AvgIpc) is 3.03. The number of hydrogen-bond donors (Lipinski definition) is 2. The van der Waals surface area contributed by atoms with Gasteiger partial charge in [-0.05, 0) is 64.5 Å². The molecule has 0 heterocycles. The molecule has 1 fully saturated rings. The highest BCUT2D eigenvalue weighted by atomic mass is 16.6. The van der Waals surface area contributed by atoms with Gasteiger partial charge >= 0.3 is 6.09 Å². The zero-order valence-corrected chi connectivity index (χ0v) is 13.1. The fourth-order valence-electron chi connectivity index (χ4n) is 1.87. The molecular formula is C15H30N2O2. The first-order valence-corrected chi connectivity index (χ1v) is 7.45. The summed E-state index contributed by atoms with van der Waals surface area (Å²) in [6.45, 7) is 12.8. The van der Waals surface area contributed by atoms with Gasteiger partial charge in [0.2, 0.25) is 0 Å². The summed E-state index contributed by atoms with van der Waals surface area (Å²) >= 11 is 0. The minimum Gasteiger partial charge on any atom is -0.444 e. The van der Waals surface area contributed by atoms with E-state index in [1.54, 1.807) is 0 Å². The monoisotopic (exact) mass is 270 g/mol. The van der Waals surface area contributed by atoms with E-state index in [0.717, 1.165) is 19.0 Å². The van der Waals surface area contributed by atoms with Crippen molar-refractivity contribution in [1.29, 1.82) is 0 Å². The van der Waals surface area contributed by atoms with E-state index in [1.807, 2.05) is 20.8 Å². The molecule has 1 aliphatic rings. The Hall–Kier alpha value is -0.770. The summed E-state index contributed by atoms with van der Waals surface area (Å²) in [6.07, 6.45) is 2.42. The van der Waals surface area contributed by atoms with Crippen LogP contribution in [0.3, 0.4) is 0 Å². The zero-order chi connectivity index (χ0) is 14.5. The molecule has 4 nitrogen and oxygen atoms in total. The molecule has 0 bridgehead atoms. The summed E-state index contributed by atoms with van der Waals surface area (Å²) in [6, 6.07) is 0. The number of amides is 1. The Morgan fingerprint density at radius 1 is 1.26 bits per heavy atom. The Morgan fingerprint density at radius 3 is 2.37 bits per heavy atom. The first-order valence-electron chi connectivity index (χ1n) is 7.45. The second-order valence-electron chi connectivity index (χ2n) is 6.99. The van der Waals surface area contributed by atoms with Crippen molar-refractivity contribution in [2.45, 2.75) is 53.1 Å². The SMILES string of the molecule is CC(C)C(CNCC1CC1)CNC(=O)OC(C)(C)C. The number of carbonyl (C=O) groups is 1. The molecule has 0 aliphatic heterocycles. The van der Waals surface area contributed by atoms with Gasteiger partial charge < -0.3 is 15.4 Å². The van der Waals surface area contributed by atoms with E-state index in [4.69, 9.17) is 4.74 Å². The highest BCUT2D eigenvalue weighted by Crippen LogP contribution is 2.27. The Bertz CT molecular complexity index is 280. The molecule has 1 atom stereocenters. The van der Waals surface area contributed by atoms with Gasteiger partial charge in [-0.25, -0.2) is 4.79 Å². The minimum absolute atomic E-state index is 0.319. The van der Waals surface area contributed by atoms with Crippen LogP contribution in [0.5, 0.6) is 0 Å². The fraction of sp³-hybridized carbons (Fsp3) is 0.933. The molecular weight excluding hydrogens is 240 g/mol. The van der Waals surface area contributed by atoms with Crippen LogP contribution in [-0.2, 0) is 4.74 Å². The van der Waals surface area contributed by atoms with Crippen molar-refractivity contribution in [3.05, 3.63) is 0 Å². The molecule has 0 radical (unpaired) electrons. The summed E-state index contributed by atoms with van der Waals surface area (Å²) in [5.74, 6) is 1.89. The van der Waals surface area contributed by atoms with Crippen LogP contribution in [0.15, 0.2) is 0 Å². The highest BCUT2D eigenvalue weighted by Gasteiger charge is 2.22. The molecule has 112 valence electrons. The number of ether oxygens (including phenoxy) is 1. The smallest absolute Gasteiger partial charge is 0.407 e. The van der Waals surface area contributed by atoms with Gasteiger partial charge in [0.25, 0.3) is 0 Å². The average molecular weight is 270 g/mol. The molecule has 4 heteroatoms. The maximum Gasteiger partial charge on any atom is 0.407 e. The van der Waals surface area contributed by atoms with Crippen molar-refractivity contribution in [2.24, 2.45) is 17.8 Å². The molecule has 1 rings (SSSR count). The lowest BCUT2D eigenvalue weighted by Gasteiger charge is -2.24. The molecule has 0 spiro atoms. The Kier molecular flexibility index (Phi) is 6.11. The van der Waals surface area contributed by atoms with Crippen molar-refractivity contribution in [3.8, 4) is 0 Å². The Labute approximate surface area is 117 Å². The van der Waals surface area contributed by atoms with Crippen molar-refractivity contribution in [2.75, 3.05) is 19.6 Å². The molecule has 1 aliphatic carbocycles. The Morgan fingerprint density at radius 2 is 1.89 bits per heavy atom. The van der Waals surface area contributed by atoms with E-state index in [1.165, 1.54) is 12.8 Å². The fourth-order valence-corrected chi connectivity index (χ4v) is 1.87. The second-order valence-corrected chi connectivity index (χ2v) is 6.99. The number of rotatable bonds is 7. The van der Waals surface area contributed by atoms with Crippen LogP contribution >= 0.6 is 0 Å². The first kappa shape index (κ1) is 16.3. The van der Waals surface area contributed by atoms with Crippen LogP contribution in [0.1, 0.15) is 47.5 Å². The summed E-state index contributed by atoms with van der Waals surface area (Å²) in [5, 5.41) is 6.38. The summed E-state index contributed by atoms with van der Waals surface area (Å²) in [7, 11) is 0. The van der Waals surface area contributed by atoms with Gasteiger partial charge in [-0.2, -0.15) is 0 Å². The third-order valence-electron chi connectivity index (χ3n) is 3.39. The summed E-state index contributed by atoms with van der Waals surface area (Å²) in [5.41, 5.74) is -0.429. The van der Waals surface area contributed by atoms with Crippen LogP contribution in [0.4, 0.5) is 4.79 Å². The van der Waals surface area contributed by atoms with E-state index >= 15 is 0 Å². The molecule has 0 aromatic heterocycles. The molecule has 1 amide bonds. The molecule has 1 unspecified atom stereocenters. The van der Waals surface area contributed by atoms with Crippen LogP contribution in [0.25, 0.3) is 0 Å². The first-order chi connectivity index (χ1) is 8.78. The lowest BCUT2D eigenvalue weighted by Crippen LogP contribution is -2.39. The maximum absolute atomic E-state index is 11.6. The molecule has 2 N–H and O–H groups in total. The van der Waals surface area contributed by atoms with E-state index in [2.05, 4.69) is 24.5 Å². The number of alkyl carbamates (subject to hydrolysis) is 1. The quantitative estimate of drug-likeness (QED) is 0.748. The van der Waals surface area contributed by atoms with Gasteiger partial charge in [0.05, 0.1) is 0 Å². The lowest BCUT2D eigenvalue weighted by atomic mass is 9.96. The third-order valence-corrected chi connectivity index (χ3v) is 3.39. The summed E-state index contributed by atoms with van der Waals surface area (Å²) in [4.78, 5) is 11.6. The van der Waals surface area contributed by atoms with Gasteiger partial charge in [0.1, 0.15) is 5.60 Å². The number of carbonyl (C=O) groups excluding carboxylic acids is 1. The van der Waals surface area contributed by atoms with E-state index in [-0.39, 0.29) is 6.09 Å². The topological polar surface area (TPSA) is 50.4 Å². The Balaban J connectivity index is 2.21. The van der Waals surface area contributed by atoms with Crippen molar-refractivity contribution in [1.82, 2.24) is 10.6 Å². The normalized spacial score (nSPS) is 17.4. The number of nitrogens with one attached hydrogen (secondary N) is 2. The van der Waals surface area contributed by atoms with Crippen molar-refractivity contribution in [3.63, 3.8) is 0 Å². The maximum atomic E-state index is 11.6. The van der Waals surface area contributed by atoms with E-state index in [9.17, 15) is 4.79 Å². The summed E-state index contributed by atoms with van der Waals surface area (Å²) < 4.78 is 5.25. The van der Waals surface area contributed by atoms with Crippen LogP contribution in [-0.4, -0.2) is 31.3 Å². The van der Waals surface area contributed by atoms with Crippen LogP contribution < -0.4 is 10.6 Å². The van der Waals surface area contributed by atoms with Crippen LogP contribution in [0.2, 0.25) is 0 Å². The van der Waals surface area contributed by atoms with E-state index in [0.29, 0.717) is 18.4 Å². The molecule has 19 heavy (non-hydrogen) atoms. The molecule has 1 saturated carbocycles. The predicted molar refractivity (Wildman–Crippen MR) is 78.2 cm³/mol. The highest BCUT2D eigenvalue weighted by molar-refractivity contribution is 5.67.